The second kappa shape index (κ2) is 12.0. The number of rotatable bonds is 5. The Kier molecular flexibility index (Phi) is 8.34. The summed E-state index contributed by atoms with van der Waals surface area (Å²) in [6, 6.07) is 13.3. The summed E-state index contributed by atoms with van der Waals surface area (Å²) >= 11 is 0. The van der Waals surface area contributed by atoms with Gasteiger partial charge in [0.25, 0.3) is 5.91 Å². The van der Waals surface area contributed by atoms with Gasteiger partial charge in [0.1, 0.15) is 0 Å². The van der Waals surface area contributed by atoms with E-state index in [1.807, 2.05) is 52.2 Å². The van der Waals surface area contributed by atoms with E-state index in [4.69, 9.17) is 0 Å². The first-order chi connectivity index (χ1) is 20.0. The molecule has 0 radical (unpaired) electrons. The van der Waals surface area contributed by atoms with E-state index in [0.717, 1.165) is 24.7 Å². The molecular formula is C32H33F3N6O. The van der Waals surface area contributed by atoms with Crippen LogP contribution in [0, 0.1) is 18.8 Å². The number of halogens is 3. The lowest BCUT2D eigenvalue weighted by Gasteiger charge is -2.34. The number of amides is 1. The lowest BCUT2D eigenvalue weighted by atomic mass is 9.91. The Labute approximate surface area is 243 Å². The summed E-state index contributed by atoms with van der Waals surface area (Å²) < 4.78 is 44.9. The maximum absolute atomic E-state index is 14.4. The molecule has 3 heterocycles. The van der Waals surface area contributed by atoms with Crippen LogP contribution < -0.4 is 5.32 Å². The lowest BCUT2D eigenvalue weighted by molar-refractivity contribution is -0.138. The minimum absolute atomic E-state index is 0.112. The Balaban J connectivity index is 1.43. The van der Waals surface area contributed by atoms with Crippen LogP contribution in [0.4, 0.5) is 18.9 Å². The fraction of sp³-hybridized carbons (Fsp3) is 0.344. The van der Waals surface area contributed by atoms with Crippen molar-refractivity contribution in [3.05, 3.63) is 93.9 Å². The first-order valence-electron chi connectivity index (χ1n) is 13.9. The van der Waals surface area contributed by atoms with E-state index in [1.165, 1.54) is 0 Å². The molecule has 0 aliphatic carbocycles. The number of benzene rings is 2. The Morgan fingerprint density at radius 2 is 1.79 bits per heavy atom. The molecule has 5 rings (SSSR count). The van der Waals surface area contributed by atoms with Gasteiger partial charge in [-0.25, -0.2) is 0 Å². The monoisotopic (exact) mass is 574 g/mol. The zero-order chi connectivity index (χ0) is 30.0. The van der Waals surface area contributed by atoms with Crippen molar-refractivity contribution in [2.75, 3.05) is 38.5 Å². The molecule has 2 aromatic heterocycles. The maximum Gasteiger partial charge on any atom is 0.416 e. The van der Waals surface area contributed by atoms with Crippen molar-refractivity contribution in [1.29, 1.82) is 0 Å². The number of alkyl halides is 3. The van der Waals surface area contributed by atoms with Gasteiger partial charge in [-0.3, -0.25) is 14.1 Å². The predicted octanol–water partition coefficient (Wildman–Crippen LogP) is 5.58. The summed E-state index contributed by atoms with van der Waals surface area (Å²) in [5, 5.41) is 10.9. The lowest BCUT2D eigenvalue weighted by Crippen LogP contribution is -2.44. The molecule has 218 valence electrons. The number of nitrogens with zero attached hydrogens (tertiary/aromatic N) is 5. The van der Waals surface area contributed by atoms with Gasteiger partial charge in [-0.2, -0.15) is 13.2 Å². The third kappa shape index (κ3) is 6.48. The van der Waals surface area contributed by atoms with E-state index in [1.54, 1.807) is 28.7 Å². The first kappa shape index (κ1) is 29.3. The number of aromatic nitrogens is 3. The number of anilines is 1. The standard InChI is InChI=1S/C32H33F3N6O/c1-21(2)26-18-25(19-28(32(33,34)35)27(26)20-40-15-13-39(4)14-16-40)36-31(42)24-9-8-22(3)23(17-24)10-11-30-38-37-29-7-5-6-12-41(29)30/h5-9,12,17-19,21H,13-16,20H2,1-4H3,(H,36,42). The Bertz CT molecular complexity index is 1670. The summed E-state index contributed by atoms with van der Waals surface area (Å²) in [5.41, 5.74) is 2.67. The van der Waals surface area contributed by atoms with Crippen LogP contribution >= 0.6 is 0 Å². The molecule has 1 aliphatic rings. The Morgan fingerprint density at radius 1 is 1.02 bits per heavy atom. The Hall–Kier alpha value is -4.20. The van der Waals surface area contributed by atoms with Gasteiger partial charge in [0.05, 0.1) is 5.56 Å². The van der Waals surface area contributed by atoms with Crippen molar-refractivity contribution in [3.63, 3.8) is 0 Å². The normalized spacial score (nSPS) is 14.7. The highest BCUT2D eigenvalue weighted by Gasteiger charge is 2.36. The quantitative estimate of drug-likeness (QED) is 0.316. The highest BCUT2D eigenvalue weighted by Crippen LogP contribution is 2.38. The van der Waals surface area contributed by atoms with Crippen LogP contribution in [0.25, 0.3) is 5.65 Å². The van der Waals surface area contributed by atoms with E-state index < -0.39 is 17.6 Å². The van der Waals surface area contributed by atoms with Gasteiger partial charge < -0.3 is 10.2 Å². The van der Waals surface area contributed by atoms with E-state index in [9.17, 15) is 18.0 Å². The van der Waals surface area contributed by atoms with Crippen molar-refractivity contribution in [1.82, 2.24) is 24.4 Å². The van der Waals surface area contributed by atoms with Gasteiger partial charge in [-0.1, -0.05) is 31.9 Å². The predicted molar refractivity (Wildman–Crippen MR) is 156 cm³/mol. The van der Waals surface area contributed by atoms with Gasteiger partial charge in [0.2, 0.25) is 5.82 Å². The molecular weight excluding hydrogens is 541 g/mol. The second-order valence-corrected chi connectivity index (χ2v) is 11.0. The molecule has 7 nitrogen and oxygen atoms in total. The van der Waals surface area contributed by atoms with Crippen LogP contribution in [0.1, 0.15) is 63.8 Å². The van der Waals surface area contributed by atoms with Crippen molar-refractivity contribution >= 4 is 17.2 Å². The van der Waals surface area contributed by atoms with Crippen LogP contribution in [0.3, 0.4) is 0 Å². The topological polar surface area (TPSA) is 65.8 Å². The number of hydrogen-bond donors (Lipinski definition) is 1. The summed E-state index contributed by atoms with van der Waals surface area (Å²) in [4.78, 5) is 17.5. The molecule has 1 N–H and O–H groups in total. The summed E-state index contributed by atoms with van der Waals surface area (Å²) in [6.07, 6.45) is -2.75. The average Bonchev–Trinajstić information content (AvgIpc) is 3.36. The molecule has 42 heavy (non-hydrogen) atoms. The molecule has 1 fully saturated rings. The smallest absolute Gasteiger partial charge is 0.322 e. The third-order valence-electron chi connectivity index (χ3n) is 7.57. The van der Waals surface area contributed by atoms with E-state index in [-0.39, 0.29) is 29.3 Å². The first-order valence-corrected chi connectivity index (χ1v) is 13.9. The number of piperazine rings is 1. The van der Waals surface area contributed by atoms with E-state index in [0.29, 0.717) is 35.7 Å². The number of carbonyl (C=O) groups is 1. The summed E-state index contributed by atoms with van der Waals surface area (Å²) in [5.74, 6) is 5.84. The fourth-order valence-electron chi connectivity index (χ4n) is 5.09. The van der Waals surface area contributed by atoms with Gasteiger partial charge in [0, 0.05) is 55.7 Å². The SMILES string of the molecule is Cc1ccc(C(=O)Nc2cc(C(C)C)c(CN3CCN(C)CC3)c(C(F)(F)F)c2)cc1C#Cc1nnc2ccccn12. The molecule has 0 atom stereocenters. The summed E-state index contributed by atoms with van der Waals surface area (Å²) in [6.45, 7) is 8.86. The van der Waals surface area contributed by atoms with Crippen molar-refractivity contribution in [2.45, 2.75) is 39.4 Å². The van der Waals surface area contributed by atoms with Crippen molar-refractivity contribution in [2.24, 2.45) is 0 Å². The number of likely N-dealkylation sites (N-methyl/N-ethyl adjacent to an activating group) is 1. The number of aryl methyl sites for hydroxylation is 1. The molecule has 0 spiro atoms. The largest absolute Gasteiger partial charge is 0.416 e. The Morgan fingerprint density at radius 3 is 2.50 bits per heavy atom. The highest BCUT2D eigenvalue weighted by atomic mass is 19.4. The van der Waals surface area contributed by atoms with Crippen molar-refractivity contribution < 1.29 is 18.0 Å². The molecule has 0 saturated carbocycles. The molecule has 4 aromatic rings. The van der Waals surface area contributed by atoms with Crippen LogP contribution in [-0.4, -0.2) is 63.5 Å². The van der Waals surface area contributed by atoms with Crippen LogP contribution in [0.15, 0.2) is 54.7 Å². The fourth-order valence-corrected chi connectivity index (χ4v) is 5.09. The van der Waals surface area contributed by atoms with E-state index >= 15 is 0 Å². The minimum Gasteiger partial charge on any atom is -0.322 e. The number of hydrogen-bond acceptors (Lipinski definition) is 5. The molecule has 2 aromatic carbocycles. The van der Waals surface area contributed by atoms with E-state index in [2.05, 4.69) is 37.2 Å². The molecule has 0 unspecified atom stereocenters. The van der Waals surface area contributed by atoms with Gasteiger partial charge in [-0.15, -0.1) is 10.2 Å². The number of carbonyl (C=O) groups excluding carboxylic acids is 1. The number of pyridine rings is 1. The number of nitrogens with one attached hydrogen (secondary N) is 1. The van der Waals surface area contributed by atoms with Crippen LogP contribution in [-0.2, 0) is 12.7 Å². The molecule has 1 amide bonds. The van der Waals surface area contributed by atoms with Gasteiger partial charge in [-0.05, 0) is 78.9 Å². The highest BCUT2D eigenvalue weighted by molar-refractivity contribution is 6.04. The molecule has 1 saturated heterocycles. The number of fused-ring (bicyclic) bond motifs is 1. The maximum atomic E-state index is 14.4. The average molecular weight is 575 g/mol. The van der Waals surface area contributed by atoms with Gasteiger partial charge >= 0.3 is 6.18 Å². The van der Waals surface area contributed by atoms with Crippen LogP contribution in [0.5, 0.6) is 0 Å². The molecule has 0 bridgehead atoms. The molecule has 1 aliphatic heterocycles. The zero-order valence-corrected chi connectivity index (χ0v) is 24.1. The minimum atomic E-state index is -4.56. The van der Waals surface area contributed by atoms with Crippen LogP contribution in [0.2, 0.25) is 0 Å². The van der Waals surface area contributed by atoms with Gasteiger partial charge in [0.15, 0.2) is 5.65 Å². The molecule has 10 heteroatoms. The van der Waals surface area contributed by atoms with Crippen molar-refractivity contribution in [3.8, 4) is 11.8 Å². The zero-order valence-electron chi connectivity index (χ0n) is 24.1. The third-order valence-corrected chi connectivity index (χ3v) is 7.57. The second-order valence-electron chi connectivity index (χ2n) is 11.0. The summed E-state index contributed by atoms with van der Waals surface area (Å²) in [7, 11) is 2.01.